The Morgan fingerprint density at radius 2 is 1.91 bits per heavy atom. The number of aromatic nitrogens is 2. The molecule has 0 radical (unpaired) electrons. The fourth-order valence-corrected chi connectivity index (χ4v) is 3.88. The van der Waals surface area contributed by atoms with E-state index in [0.717, 1.165) is 36.8 Å². The van der Waals surface area contributed by atoms with Gasteiger partial charge in [0.1, 0.15) is 5.75 Å². The minimum Gasteiger partial charge on any atom is -0.493 e. The van der Waals surface area contributed by atoms with Gasteiger partial charge in [-0.15, -0.1) is 0 Å². The van der Waals surface area contributed by atoms with Crippen molar-refractivity contribution in [1.82, 2.24) is 15.1 Å². The third-order valence-electron chi connectivity index (χ3n) is 5.85. The molecule has 1 amide bonds. The molecule has 168 valence electrons. The van der Waals surface area contributed by atoms with E-state index in [0.29, 0.717) is 23.5 Å². The molecule has 1 heterocycles. The maximum atomic E-state index is 13.4. The number of ether oxygens (including phenoxy) is 1. The molecule has 1 unspecified atom stereocenters. The number of aliphatic hydroxyl groups excluding tert-OH is 1. The Morgan fingerprint density at radius 1 is 1.12 bits per heavy atom. The SMILES string of the molecule is CCCCCCOc1ccccc1C(O)N(C(=O)c1ccc(-c2cn[nH]c2)cc1)C1CC1. The largest absolute Gasteiger partial charge is 0.493 e. The van der Waals surface area contributed by atoms with E-state index in [9.17, 15) is 9.90 Å². The quantitative estimate of drug-likeness (QED) is 0.316. The zero-order valence-electron chi connectivity index (χ0n) is 18.5. The molecule has 32 heavy (non-hydrogen) atoms. The highest BCUT2D eigenvalue weighted by Gasteiger charge is 2.38. The molecule has 0 bridgehead atoms. The molecule has 1 fully saturated rings. The molecular formula is C26H31N3O3. The molecule has 1 saturated carbocycles. The van der Waals surface area contributed by atoms with Crippen molar-refractivity contribution in [2.24, 2.45) is 0 Å². The minimum absolute atomic E-state index is 0.0451. The second-order valence-corrected chi connectivity index (χ2v) is 8.33. The summed E-state index contributed by atoms with van der Waals surface area (Å²) in [6.45, 7) is 2.79. The van der Waals surface area contributed by atoms with E-state index in [4.69, 9.17) is 4.74 Å². The van der Waals surface area contributed by atoms with Crippen LogP contribution in [0.3, 0.4) is 0 Å². The van der Waals surface area contributed by atoms with E-state index >= 15 is 0 Å². The van der Waals surface area contributed by atoms with Gasteiger partial charge in [0.25, 0.3) is 5.91 Å². The van der Waals surface area contributed by atoms with Crippen molar-refractivity contribution in [2.45, 2.75) is 57.7 Å². The lowest BCUT2D eigenvalue weighted by Gasteiger charge is -2.29. The third kappa shape index (κ3) is 5.19. The lowest BCUT2D eigenvalue weighted by Crippen LogP contribution is -2.37. The summed E-state index contributed by atoms with van der Waals surface area (Å²) >= 11 is 0. The first-order valence-electron chi connectivity index (χ1n) is 11.5. The van der Waals surface area contributed by atoms with Crippen molar-refractivity contribution < 1.29 is 14.6 Å². The summed E-state index contributed by atoms with van der Waals surface area (Å²) in [7, 11) is 0. The highest BCUT2D eigenvalue weighted by molar-refractivity contribution is 5.95. The molecule has 6 heteroatoms. The zero-order chi connectivity index (χ0) is 22.3. The Morgan fingerprint density at radius 3 is 2.59 bits per heavy atom. The van der Waals surface area contributed by atoms with Gasteiger partial charge < -0.3 is 14.7 Å². The van der Waals surface area contributed by atoms with Gasteiger partial charge in [-0.3, -0.25) is 9.89 Å². The van der Waals surface area contributed by atoms with Crippen molar-refractivity contribution in [2.75, 3.05) is 6.61 Å². The van der Waals surface area contributed by atoms with Crippen LogP contribution in [0.1, 0.15) is 67.6 Å². The number of carbonyl (C=O) groups excluding carboxylic acids is 1. The van der Waals surface area contributed by atoms with Crippen LogP contribution in [0.15, 0.2) is 60.9 Å². The molecule has 4 rings (SSSR count). The van der Waals surface area contributed by atoms with Crippen molar-refractivity contribution in [3.63, 3.8) is 0 Å². The molecule has 3 aromatic rings. The van der Waals surface area contributed by atoms with Crippen LogP contribution in [0.5, 0.6) is 5.75 Å². The number of hydrogen-bond donors (Lipinski definition) is 2. The topological polar surface area (TPSA) is 78.5 Å². The molecule has 0 aliphatic heterocycles. The fourth-order valence-electron chi connectivity index (χ4n) is 3.88. The van der Waals surface area contributed by atoms with Crippen LogP contribution < -0.4 is 4.74 Å². The third-order valence-corrected chi connectivity index (χ3v) is 5.85. The number of nitrogens with zero attached hydrogens (tertiary/aromatic N) is 2. The number of aliphatic hydroxyl groups is 1. The number of para-hydroxylation sites is 1. The van der Waals surface area contributed by atoms with E-state index in [2.05, 4.69) is 17.1 Å². The number of carbonyl (C=O) groups is 1. The van der Waals surface area contributed by atoms with Gasteiger partial charge in [0, 0.05) is 28.9 Å². The number of aromatic amines is 1. The van der Waals surface area contributed by atoms with Crippen LogP contribution in [-0.2, 0) is 0 Å². The average Bonchev–Trinajstić information content (AvgIpc) is 3.50. The number of benzene rings is 2. The van der Waals surface area contributed by atoms with E-state index in [1.165, 1.54) is 12.8 Å². The smallest absolute Gasteiger partial charge is 0.256 e. The van der Waals surface area contributed by atoms with Crippen LogP contribution in [0.4, 0.5) is 0 Å². The molecule has 6 nitrogen and oxygen atoms in total. The summed E-state index contributed by atoms with van der Waals surface area (Å²) in [6, 6.07) is 15.0. The zero-order valence-corrected chi connectivity index (χ0v) is 18.5. The highest BCUT2D eigenvalue weighted by Crippen LogP contribution is 2.37. The number of nitrogens with one attached hydrogen (secondary N) is 1. The van der Waals surface area contributed by atoms with Crippen LogP contribution in [0, 0.1) is 0 Å². The Labute approximate surface area is 189 Å². The van der Waals surface area contributed by atoms with Crippen molar-refractivity contribution in [1.29, 1.82) is 0 Å². The summed E-state index contributed by atoms with van der Waals surface area (Å²) < 4.78 is 5.99. The molecule has 1 aromatic heterocycles. The second kappa shape index (κ2) is 10.5. The van der Waals surface area contributed by atoms with Crippen molar-refractivity contribution in [3.05, 3.63) is 72.1 Å². The van der Waals surface area contributed by atoms with Crippen LogP contribution >= 0.6 is 0 Å². The lowest BCUT2D eigenvalue weighted by molar-refractivity contribution is 0.000931. The van der Waals surface area contributed by atoms with Gasteiger partial charge in [-0.25, -0.2) is 0 Å². The maximum Gasteiger partial charge on any atom is 0.256 e. The highest BCUT2D eigenvalue weighted by atomic mass is 16.5. The number of amides is 1. The van der Waals surface area contributed by atoms with Gasteiger partial charge in [0.15, 0.2) is 6.23 Å². The first-order chi connectivity index (χ1) is 15.7. The monoisotopic (exact) mass is 433 g/mol. The second-order valence-electron chi connectivity index (χ2n) is 8.33. The van der Waals surface area contributed by atoms with Crippen LogP contribution in [0.2, 0.25) is 0 Å². The maximum absolute atomic E-state index is 13.4. The minimum atomic E-state index is -1.05. The van der Waals surface area contributed by atoms with Gasteiger partial charge in [0.2, 0.25) is 0 Å². The van der Waals surface area contributed by atoms with Gasteiger partial charge in [-0.2, -0.15) is 5.10 Å². The molecule has 1 aliphatic rings. The molecule has 0 saturated heterocycles. The predicted octanol–water partition coefficient (Wildman–Crippen LogP) is 5.33. The Hall–Kier alpha value is -3.12. The number of rotatable bonds is 11. The molecular weight excluding hydrogens is 402 g/mol. The summed E-state index contributed by atoms with van der Waals surface area (Å²) in [6.07, 6.45) is 8.79. The molecule has 2 N–H and O–H groups in total. The summed E-state index contributed by atoms with van der Waals surface area (Å²) in [5.74, 6) is 0.474. The molecule has 2 aromatic carbocycles. The van der Waals surface area contributed by atoms with Crippen molar-refractivity contribution >= 4 is 5.91 Å². The fraction of sp³-hybridized carbons (Fsp3) is 0.385. The Bertz CT molecular complexity index is 997. The summed E-state index contributed by atoms with van der Waals surface area (Å²) in [4.78, 5) is 15.0. The Balaban J connectivity index is 1.50. The molecule has 0 spiro atoms. The number of unbranched alkanes of at least 4 members (excludes halogenated alkanes) is 3. The Kier molecular flexibility index (Phi) is 7.22. The van der Waals surface area contributed by atoms with E-state index in [1.807, 2.05) is 54.7 Å². The first kappa shape index (κ1) is 22.1. The van der Waals surface area contributed by atoms with Crippen LogP contribution in [0.25, 0.3) is 11.1 Å². The van der Waals surface area contributed by atoms with Crippen LogP contribution in [-0.4, -0.2) is 38.8 Å². The lowest BCUT2D eigenvalue weighted by atomic mass is 10.1. The standard InChI is InChI=1S/C26H31N3O3/c1-2-3-4-7-16-32-24-9-6-5-8-23(24)26(31)29(22-14-15-22)25(30)20-12-10-19(11-13-20)21-17-27-28-18-21/h5-6,8-13,17-18,22,26,31H,2-4,7,14-16H2,1H3,(H,27,28). The van der Waals surface area contributed by atoms with Crippen molar-refractivity contribution in [3.8, 4) is 16.9 Å². The summed E-state index contributed by atoms with van der Waals surface area (Å²) in [5, 5.41) is 18.0. The van der Waals surface area contributed by atoms with E-state index in [1.54, 1.807) is 11.1 Å². The molecule has 1 atom stereocenters. The van der Waals surface area contributed by atoms with Gasteiger partial charge >= 0.3 is 0 Å². The van der Waals surface area contributed by atoms with Gasteiger partial charge in [-0.1, -0.05) is 56.5 Å². The predicted molar refractivity (Wildman–Crippen MR) is 124 cm³/mol. The van der Waals surface area contributed by atoms with Gasteiger partial charge in [0.05, 0.1) is 12.8 Å². The number of hydrogen-bond acceptors (Lipinski definition) is 4. The number of H-pyrrole nitrogens is 1. The first-order valence-corrected chi connectivity index (χ1v) is 11.5. The van der Waals surface area contributed by atoms with Gasteiger partial charge in [-0.05, 0) is 43.0 Å². The molecule has 1 aliphatic carbocycles. The average molecular weight is 434 g/mol. The summed E-state index contributed by atoms with van der Waals surface area (Å²) in [5.41, 5.74) is 3.14. The van der Waals surface area contributed by atoms with E-state index < -0.39 is 6.23 Å². The normalized spacial score (nSPS) is 14.2. The van der Waals surface area contributed by atoms with E-state index in [-0.39, 0.29) is 11.9 Å².